The van der Waals surface area contributed by atoms with E-state index in [2.05, 4.69) is 18.9 Å². The largest absolute Gasteiger partial charge is 0.399 e. The molecule has 20 heavy (non-hydrogen) atoms. The SMILES string of the molecule is CCC(CC)n1ccc(CC(=O)c2cccc(N)c2)n1. The van der Waals surface area contributed by atoms with Crippen molar-refractivity contribution in [3.8, 4) is 0 Å². The molecule has 0 radical (unpaired) electrons. The van der Waals surface area contributed by atoms with Gasteiger partial charge in [-0.2, -0.15) is 5.10 Å². The van der Waals surface area contributed by atoms with Gasteiger partial charge in [-0.25, -0.2) is 0 Å². The minimum Gasteiger partial charge on any atom is -0.399 e. The third kappa shape index (κ3) is 3.26. The zero-order chi connectivity index (χ0) is 14.5. The van der Waals surface area contributed by atoms with E-state index in [1.54, 1.807) is 24.3 Å². The first-order chi connectivity index (χ1) is 9.63. The predicted molar refractivity (Wildman–Crippen MR) is 80.7 cm³/mol. The molecule has 2 N–H and O–H groups in total. The van der Waals surface area contributed by atoms with Crippen molar-refractivity contribution in [1.82, 2.24) is 9.78 Å². The van der Waals surface area contributed by atoms with Crippen LogP contribution in [0.2, 0.25) is 0 Å². The van der Waals surface area contributed by atoms with Gasteiger partial charge >= 0.3 is 0 Å². The highest BCUT2D eigenvalue weighted by molar-refractivity contribution is 5.97. The minimum absolute atomic E-state index is 0.0482. The second kappa shape index (κ2) is 6.37. The minimum atomic E-state index is 0.0482. The smallest absolute Gasteiger partial charge is 0.168 e. The summed E-state index contributed by atoms with van der Waals surface area (Å²) >= 11 is 0. The Bertz CT molecular complexity index is 585. The number of ketones is 1. The van der Waals surface area contributed by atoms with Gasteiger partial charge in [-0.05, 0) is 31.0 Å². The first-order valence-corrected chi connectivity index (χ1v) is 7.06. The van der Waals surface area contributed by atoms with Crippen LogP contribution in [-0.2, 0) is 6.42 Å². The lowest BCUT2D eigenvalue weighted by Crippen LogP contribution is -2.09. The number of Topliss-reactive ketones (excluding diaryl/α,β-unsaturated/α-hetero) is 1. The van der Waals surface area contributed by atoms with Crippen molar-refractivity contribution in [1.29, 1.82) is 0 Å². The standard InChI is InChI=1S/C16H21N3O/c1-3-15(4-2)19-9-8-14(18-19)11-16(20)12-6-5-7-13(17)10-12/h5-10,15H,3-4,11,17H2,1-2H3. The number of rotatable bonds is 6. The van der Waals surface area contributed by atoms with Gasteiger partial charge in [-0.15, -0.1) is 0 Å². The Morgan fingerprint density at radius 1 is 1.30 bits per heavy atom. The number of anilines is 1. The normalized spacial score (nSPS) is 10.9. The average Bonchev–Trinajstić information content (AvgIpc) is 2.88. The maximum absolute atomic E-state index is 12.2. The van der Waals surface area contributed by atoms with E-state index in [9.17, 15) is 4.79 Å². The van der Waals surface area contributed by atoms with Gasteiger partial charge in [0.25, 0.3) is 0 Å². The highest BCUT2D eigenvalue weighted by atomic mass is 16.1. The summed E-state index contributed by atoms with van der Waals surface area (Å²) in [7, 11) is 0. The first kappa shape index (κ1) is 14.3. The van der Waals surface area contributed by atoms with Crippen LogP contribution < -0.4 is 5.73 Å². The lowest BCUT2D eigenvalue weighted by Gasteiger charge is -2.12. The Labute approximate surface area is 119 Å². The molecule has 1 aromatic heterocycles. The maximum atomic E-state index is 12.2. The molecular formula is C16H21N3O. The number of nitrogen functional groups attached to an aromatic ring is 1. The summed E-state index contributed by atoms with van der Waals surface area (Å²) in [6.07, 6.45) is 4.36. The Kier molecular flexibility index (Phi) is 4.56. The predicted octanol–water partition coefficient (Wildman–Crippen LogP) is 3.25. The van der Waals surface area contributed by atoms with Gasteiger partial charge in [-0.3, -0.25) is 9.48 Å². The fourth-order valence-corrected chi connectivity index (χ4v) is 2.32. The molecule has 0 aliphatic heterocycles. The number of hydrogen-bond donors (Lipinski definition) is 1. The van der Waals surface area contributed by atoms with Crippen LogP contribution >= 0.6 is 0 Å². The van der Waals surface area contributed by atoms with Crippen molar-refractivity contribution in [2.45, 2.75) is 39.2 Å². The number of carbonyl (C=O) groups excluding carboxylic acids is 1. The summed E-state index contributed by atoms with van der Waals surface area (Å²) in [5.41, 5.74) is 7.76. The van der Waals surface area contributed by atoms with E-state index in [4.69, 9.17) is 5.73 Å². The van der Waals surface area contributed by atoms with E-state index in [-0.39, 0.29) is 5.78 Å². The summed E-state index contributed by atoms with van der Waals surface area (Å²) in [6.45, 7) is 4.29. The molecule has 0 saturated carbocycles. The van der Waals surface area contributed by atoms with Gasteiger partial charge in [0.2, 0.25) is 0 Å². The number of nitrogens with two attached hydrogens (primary N) is 1. The lowest BCUT2D eigenvalue weighted by molar-refractivity contribution is 0.0991. The van der Waals surface area contributed by atoms with Crippen LogP contribution in [0.1, 0.15) is 48.8 Å². The molecule has 0 aliphatic rings. The molecule has 2 aromatic rings. The van der Waals surface area contributed by atoms with Crippen LogP contribution in [0.5, 0.6) is 0 Å². The summed E-state index contributed by atoms with van der Waals surface area (Å²) < 4.78 is 1.96. The Morgan fingerprint density at radius 3 is 2.70 bits per heavy atom. The van der Waals surface area contributed by atoms with Gasteiger partial charge in [0.15, 0.2) is 5.78 Å². The topological polar surface area (TPSA) is 60.9 Å². The fraction of sp³-hybridized carbons (Fsp3) is 0.375. The molecule has 0 aliphatic carbocycles. The van der Waals surface area contributed by atoms with Crippen molar-refractivity contribution in [3.05, 3.63) is 47.8 Å². The summed E-state index contributed by atoms with van der Waals surface area (Å²) in [5.74, 6) is 0.0482. The average molecular weight is 271 g/mol. The third-order valence-corrected chi connectivity index (χ3v) is 3.53. The molecule has 0 bridgehead atoms. The van der Waals surface area contributed by atoms with Crippen LogP contribution in [0.4, 0.5) is 5.69 Å². The molecule has 0 fully saturated rings. The van der Waals surface area contributed by atoms with Crippen molar-refractivity contribution >= 4 is 11.5 Å². The van der Waals surface area contributed by atoms with Crippen LogP contribution in [0.3, 0.4) is 0 Å². The van der Waals surface area contributed by atoms with E-state index in [1.807, 2.05) is 16.9 Å². The number of hydrogen-bond acceptors (Lipinski definition) is 3. The molecule has 1 heterocycles. The highest BCUT2D eigenvalue weighted by Gasteiger charge is 2.12. The van der Waals surface area contributed by atoms with Gasteiger partial charge in [0.1, 0.15) is 0 Å². The summed E-state index contributed by atoms with van der Waals surface area (Å²) in [6, 6.07) is 9.40. The van der Waals surface area contributed by atoms with Crippen molar-refractivity contribution < 1.29 is 4.79 Å². The molecule has 2 rings (SSSR count). The van der Waals surface area contributed by atoms with E-state index in [0.29, 0.717) is 23.7 Å². The number of aromatic nitrogens is 2. The van der Waals surface area contributed by atoms with Crippen LogP contribution in [0.25, 0.3) is 0 Å². The number of carbonyl (C=O) groups is 1. The highest BCUT2D eigenvalue weighted by Crippen LogP contribution is 2.15. The maximum Gasteiger partial charge on any atom is 0.168 e. The quantitative estimate of drug-likeness (QED) is 0.648. The molecule has 4 heteroatoms. The number of benzene rings is 1. The monoisotopic (exact) mass is 271 g/mol. The molecule has 0 spiro atoms. The molecule has 4 nitrogen and oxygen atoms in total. The third-order valence-electron chi connectivity index (χ3n) is 3.53. The molecule has 0 amide bonds. The van der Waals surface area contributed by atoms with Gasteiger partial charge in [-0.1, -0.05) is 26.0 Å². The number of nitrogens with zero attached hydrogens (tertiary/aromatic N) is 2. The Balaban J connectivity index is 2.09. The van der Waals surface area contributed by atoms with Crippen molar-refractivity contribution in [2.75, 3.05) is 5.73 Å². The van der Waals surface area contributed by atoms with E-state index in [0.717, 1.165) is 18.5 Å². The zero-order valence-electron chi connectivity index (χ0n) is 12.0. The van der Waals surface area contributed by atoms with Gasteiger partial charge in [0.05, 0.1) is 18.2 Å². The molecule has 106 valence electrons. The molecular weight excluding hydrogens is 250 g/mol. The van der Waals surface area contributed by atoms with Crippen molar-refractivity contribution in [2.24, 2.45) is 0 Å². The van der Waals surface area contributed by atoms with Crippen LogP contribution in [-0.4, -0.2) is 15.6 Å². The second-order valence-corrected chi connectivity index (χ2v) is 4.98. The Morgan fingerprint density at radius 2 is 2.05 bits per heavy atom. The molecule has 1 aromatic carbocycles. The zero-order valence-corrected chi connectivity index (χ0v) is 12.0. The second-order valence-electron chi connectivity index (χ2n) is 4.98. The molecule has 0 unspecified atom stereocenters. The summed E-state index contributed by atoms with van der Waals surface area (Å²) in [4.78, 5) is 12.2. The molecule has 0 saturated heterocycles. The summed E-state index contributed by atoms with van der Waals surface area (Å²) in [5, 5.41) is 4.50. The first-order valence-electron chi connectivity index (χ1n) is 7.06. The molecule has 0 atom stereocenters. The van der Waals surface area contributed by atoms with E-state index in [1.165, 1.54) is 0 Å². The van der Waals surface area contributed by atoms with Gasteiger partial charge < -0.3 is 5.73 Å². The van der Waals surface area contributed by atoms with Crippen LogP contribution in [0.15, 0.2) is 36.5 Å². The van der Waals surface area contributed by atoms with Gasteiger partial charge in [0, 0.05) is 17.4 Å². The fourth-order valence-electron chi connectivity index (χ4n) is 2.32. The lowest BCUT2D eigenvalue weighted by atomic mass is 10.1. The van der Waals surface area contributed by atoms with Crippen molar-refractivity contribution in [3.63, 3.8) is 0 Å². The van der Waals surface area contributed by atoms with E-state index >= 15 is 0 Å². The van der Waals surface area contributed by atoms with Crippen LogP contribution in [0, 0.1) is 0 Å². The Hall–Kier alpha value is -2.10. The van der Waals surface area contributed by atoms with E-state index < -0.39 is 0 Å².